The van der Waals surface area contributed by atoms with Gasteiger partial charge in [0.1, 0.15) is 28.0 Å². The van der Waals surface area contributed by atoms with Crippen LogP contribution in [-0.4, -0.2) is 15.0 Å². The van der Waals surface area contributed by atoms with Crippen molar-refractivity contribution in [2.45, 2.75) is 19.9 Å². The molecule has 6 heteroatoms. The zero-order valence-electron chi connectivity index (χ0n) is 10.2. The predicted molar refractivity (Wildman–Crippen MR) is 73.4 cm³/mol. The fourth-order valence-electron chi connectivity index (χ4n) is 1.51. The zero-order valence-corrected chi connectivity index (χ0v) is 11.0. The summed E-state index contributed by atoms with van der Waals surface area (Å²) in [5.74, 6) is 2.39. The van der Waals surface area contributed by atoms with E-state index >= 15 is 0 Å². The number of rotatable bonds is 4. The van der Waals surface area contributed by atoms with E-state index in [1.807, 2.05) is 26.0 Å². The topological polar surface area (TPSA) is 77.0 Å². The molecule has 1 atom stereocenters. The molecule has 0 fully saturated rings. The molecule has 94 valence electrons. The van der Waals surface area contributed by atoms with Crippen LogP contribution >= 0.6 is 12.2 Å². The lowest BCUT2D eigenvalue weighted by molar-refractivity contribution is 0.466. The van der Waals surface area contributed by atoms with Crippen LogP contribution in [-0.2, 0) is 0 Å². The Kier molecular flexibility index (Phi) is 3.57. The summed E-state index contributed by atoms with van der Waals surface area (Å²) < 4.78 is 5.53. The van der Waals surface area contributed by atoms with E-state index in [1.54, 1.807) is 12.4 Å². The van der Waals surface area contributed by atoms with Gasteiger partial charge in [-0.2, -0.15) is 0 Å². The highest BCUT2D eigenvalue weighted by atomic mass is 32.1. The van der Waals surface area contributed by atoms with Crippen molar-refractivity contribution in [3.63, 3.8) is 0 Å². The molecule has 2 aromatic rings. The minimum atomic E-state index is 0.0173. The van der Waals surface area contributed by atoms with E-state index in [4.69, 9.17) is 22.4 Å². The van der Waals surface area contributed by atoms with Crippen LogP contribution in [0.3, 0.4) is 0 Å². The van der Waals surface area contributed by atoms with Gasteiger partial charge < -0.3 is 15.5 Å². The van der Waals surface area contributed by atoms with Crippen molar-refractivity contribution in [1.82, 2.24) is 9.97 Å². The molecule has 0 aromatic carbocycles. The number of aromatic nitrogens is 2. The van der Waals surface area contributed by atoms with Crippen LogP contribution in [0.5, 0.6) is 0 Å². The largest absolute Gasteiger partial charge is 0.464 e. The second-order valence-corrected chi connectivity index (χ2v) is 4.41. The van der Waals surface area contributed by atoms with E-state index in [9.17, 15) is 0 Å². The van der Waals surface area contributed by atoms with Gasteiger partial charge in [-0.1, -0.05) is 12.2 Å². The summed E-state index contributed by atoms with van der Waals surface area (Å²) in [7, 11) is 0. The molecule has 0 saturated carbocycles. The molecule has 0 aliphatic rings. The highest BCUT2D eigenvalue weighted by Crippen LogP contribution is 2.19. The minimum absolute atomic E-state index is 0.0173. The summed E-state index contributed by atoms with van der Waals surface area (Å²) >= 11 is 4.81. The summed E-state index contributed by atoms with van der Waals surface area (Å²) in [4.78, 5) is 8.54. The first-order valence-electron chi connectivity index (χ1n) is 5.51. The molecule has 2 heterocycles. The maximum Gasteiger partial charge on any atom is 0.145 e. The smallest absolute Gasteiger partial charge is 0.145 e. The summed E-state index contributed by atoms with van der Waals surface area (Å²) in [6.07, 6.45) is 3.14. The monoisotopic (exact) mass is 262 g/mol. The third-order valence-electron chi connectivity index (χ3n) is 2.46. The number of aryl methyl sites for hydroxylation is 1. The van der Waals surface area contributed by atoms with E-state index in [1.165, 1.54) is 0 Å². The Morgan fingerprint density at radius 1 is 1.39 bits per heavy atom. The van der Waals surface area contributed by atoms with Gasteiger partial charge >= 0.3 is 0 Å². The first-order chi connectivity index (χ1) is 8.56. The molecule has 3 N–H and O–H groups in total. The molecule has 0 aliphatic heterocycles. The van der Waals surface area contributed by atoms with E-state index in [2.05, 4.69) is 15.3 Å². The molecule has 0 amide bonds. The van der Waals surface area contributed by atoms with Gasteiger partial charge in [0.2, 0.25) is 0 Å². The molecule has 2 rings (SSSR count). The van der Waals surface area contributed by atoms with E-state index in [0.717, 1.165) is 11.5 Å². The normalized spacial score (nSPS) is 12.1. The van der Waals surface area contributed by atoms with Crippen molar-refractivity contribution in [2.75, 3.05) is 5.32 Å². The lowest BCUT2D eigenvalue weighted by Gasteiger charge is -2.11. The molecule has 5 nitrogen and oxygen atoms in total. The van der Waals surface area contributed by atoms with Gasteiger partial charge in [0.15, 0.2) is 0 Å². The van der Waals surface area contributed by atoms with Crippen LogP contribution in [0.15, 0.2) is 28.9 Å². The summed E-state index contributed by atoms with van der Waals surface area (Å²) in [5.41, 5.74) is 5.96. The first-order valence-corrected chi connectivity index (χ1v) is 5.92. The molecule has 0 spiro atoms. The average molecular weight is 262 g/mol. The maximum absolute atomic E-state index is 5.53. The summed E-state index contributed by atoms with van der Waals surface area (Å²) in [6.45, 7) is 3.90. The Morgan fingerprint density at radius 2 is 2.17 bits per heavy atom. The standard InChI is InChI=1S/C12H14N4OS/c1-7-3-4-10(17-7)8(2)16-11-6-14-9(5-15-11)12(13)18/h3-6,8H,1-2H3,(H2,13,18)(H,15,16). The fourth-order valence-corrected chi connectivity index (χ4v) is 1.61. The Bertz CT molecular complexity index is 549. The minimum Gasteiger partial charge on any atom is -0.464 e. The van der Waals surface area contributed by atoms with Gasteiger partial charge in [-0.3, -0.25) is 0 Å². The average Bonchev–Trinajstić information content (AvgIpc) is 2.76. The summed E-state index contributed by atoms with van der Waals surface area (Å²) in [5, 5.41) is 3.19. The van der Waals surface area contributed by atoms with Crippen LogP contribution in [0.25, 0.3) is 0 Å². The van der Waals surface area contributed by atoms with Gasteiger partial charge in [0.25, 0.3) is 0 Å². The lowest BCUT2D eigenvalue weighted by Crippen LogP contribution is -2.13. The maximum atomic E-state index is 5.53. The highest BCUT2D eigenvalue weighted by Gasteiger charge is 2.10. The number of anilines is 1. The number of nitrogens with zero attached hydrogens (tertiary/aromatic N) is 2. The number of furan rings is 1. The third-order valence-corrected chi connectivity index (χ3v) is 2.67. The molecule has 0 radical (unpaired) electrons. The molecule has 2 aromatic heterocycles. The Labute approximate surface area is 110 Å². The fraction of sp³-hybridized carbons (Fsp3) is 0.250. The summed E-state index contributed by atoms with van der Waals surface area (Å²) in [6, 6.07) is 3.88. The van der Waals surface area contributed by atoms with Gasteiger partial charge in [-0.05, 0) is 26.0 Å². The van der Waals surface area contributed by atoms with Gasteiger partial charge in [-0.15, -0.1) is 0 Å². The van der Waals surface area contributed by atoms with Crippen LogP contribution in [0, 0.1) is 6.92 Å². The zero-order chi connectivity index (χ0) is 13.1. The first kappa shape index (κ1) is 12.5. The Balaban J connectivity index is 2.07. The van der Waals surface area contributed by atoms with E-state index < -0.39 is 0 Å². The quantitative estimate of drug-likeness (QED) is 0.822. The Morgan fingerprint density at radius 3 is 2.67 bits per heavy atom. The number of nitrogens with one attached hydrogen (secondary N) is 1. The number of thiocarbonyl (C=S) groups is 1. The molecule has 1 unspecified atom stereocenters. The van der Waals surface area contributed by atoms with Crippen LogP contribution in [0.1, 0.15) is 30.2 Å². The van der Waals surface area contributed by atoms with Crippen LogP contribution in [0.4, 0.5) is 5.82 Å². The number of nitrogens with two attached hydrogens (primary N) is 1. The van der Waals surface area contributed by atoms with Gasteiger partial charge in [0, 0.05) is 0 Å². The lowest BCUT2D eigenvalue weighted by atomic mass is 10.2. The second-order valence-electron chi connectivity index (χ2n) is 3.97. The predicted octanol–water partition coefficient (Wildman–Crippen LogP) is 2.19. The molecule has 0 saturated heterocycles. The van der Waals surface area contributed by atoms with Crippen LogP contribution < -0.4 is 11.1 Å². The van der Waals surface area contributed by atoms with E-state index in [-0.39, 0.29) is 11.0 Å². The molecular weight excluding hydrogens is 248 g/mol. The van der Waals surface area contributed by atoms with Crippen molar-refractivity contribution in [3.05, 3.63) is 41.7 Å². The van der Waals surface area contributed by atoms with Crippen LogP contribution in [0.2, 0.25) is 0 Å². The second kappa shape index (κ2) is 5.14. The molecule has 18 heavy (non-hydrogen) atoms. The van der Waals surface area contributed by atoms with Crippen molar-refractivity contribution >= 4 is 23.0 Å². The highest BCUT2D eigenvalue weighted by molar-refractivity contribution is 7.80. The number of hydrogen-bond donors (Lipinski definition) is 2. The van der Waals surface area contributed by atoms with Crippen molar-refractivity contribution < 1.29 is 4.42 Å². The number of hydrogen-bond acceptors (Lipinski definition) is 5. The van der Waals surface area contributed by atoms with Gasteiger partial charge in [-0.25, -0.2) is 9.97 Å². The molecule has 0 aliphatic carbocycles. The molecular formula is C12H14N4OS. The molecule has 0 bridgehead atoms. The SMILES string of the molecule is Cc1ccc(C(C)Nc2cnc(C(N)=S)cn2)o1. The Hall–Kier alpha value is -1.95. The van der Waals surface area contributed by atoms with Crippen molar-refractivity contribution in [1.29, 1.82) is 0 Å². The third kappa shape index (κ3) is 2.84. The van der Waals surface area contributed by atoms with Crippen molar-refractivity contribution in [2.24, 2.45) is 5.73 Å². The van der Waals surface area contributed by atoms with Crippen molar-refractivity contribution in [3.8, 4) is 0 Å². The van der Waals surface area contributed by atoms with E-state index in [0.29, 0.717) is 11.5 Å². The van der Waals surface area contributed by atoms with Gasteiger partial charge in [0.05, 0.1) is 18.4 Å².